The van der Waals surface area contributed by atoms with Crippen LogP contribution in [0, 0.1) is 0 Å². The van der Waals surface area contributed by atoms with E-state index < -0.39 is 0 Å². The van der Waals surface area contributed by atoms with Crippen LogP contribution in [0.15, 0.2) is 78.9 Å². The second-order valence-corrected chi connectivity index (χ2v) is 6.96. The lowest BCUT2D eigenvalue weighted by atomic mass is 10.0. The third-order valence-electron chi connectivity index (χ3n) is 5.06. The summed E-state index contributed by atoms with van der Waals surface area (Å²) in [5, 5.41) is 3.52. The Labute approximate surface area is 160 Å². The van der Waals surface area contributed by atoms with Gasteiger partial charge in [-0.05, 0) is 55.7 Å². The Hall–Kier alpha value is -3.07. The van der Waals surface area contributed by atoms with Crippen molar-refractivity contribution in [1.82, 2.24) is 0 Å². The first kappa shape index (κ1) is 17.3. The summed E-state index contributed by atoms with van der Waals surface area (Å²) in [6.45, 7) is 2.23. The van der Waals surface area contributed by atoms with E-state index in [4.69, 9.17) is 0 Å². The highest BCUT2D eigenvalue weighted by Gasteiger charge is 2.14. The average Bonchev–Trinajstić information content (AvgIpc) is 2.75. The number of hydrogen-bond donors (Lipinski definition) is 1. The molecule has 0 amide bonds. The normalized spacial score (nSPS) is 14.0. The zero-order chi connectivity index (χ0) is 18.5. The number of piperidine rings is 1. The summed E-state index contributed by atoms with van der Waals surface area (Å²) < 4.78 is 0. The minimum Gasteiger partial charge on any atom is -0.370 e. The molecular weight excluding hydrogens is 332 g/mol. The zero-order valence-corrected chi connectivity index (χ0v) is 15.4. The fourth-order valence-corrected chi connectivity index (χ4v) is 3.61. The summed E-state index contributed by atoms with van der Waals surface area (Å²) in [5.74, 6) is 0.0517. The highest BCUT2D eigenvalue weighted by Crippen LogP contribution is 2.30. The number of nitrogens with zero attached hydrogens (tertiary/aromatic N) is 1. The van der Waals surface area contributed by atoms with E-state index in [1.807, 2.05) is 54.6 Å². The quantitative estimate of drug-likeness (QED) is 0.599. The van der Waals surface area contributed by atoms with Crippen molar-refractivity contribution in [3.8, 4) is 0 Å². The molecule has 1 aliphatic rings. The zero-order valence-electron chi connectivity index (χ0n) is 15.4. The summed E-state index contributed by atoms with van der Waals surface area (Å²) >= 11 is 0. The van der Waals surface area contributed by atoms with Crippen LogP contribution < -0.4 is 10.2 Å². The first-order chi connectivity index (χ1) is 13.3. The topological polar surface area (TPSA) is 32.3 Å². The summed E-state index contributed by atoms with van der Waals surface area (Å²) in [6, 6.07) is 25.6. The first-order valence-electron chi connectivity index (χ1n) is 9.62. The van der Waals surface area contributed by atoms with Crippen LogP contribution in [-0.2, 0) is 0 Å². The molecule has 3 aromatic carbocycles. The molecule has 0 saturated carbocycles. The number of carbonyl (C=O) groups excluding carboxylic acids is 1. The molecule has 0 aliphatic carbocycles. The molecule has 27 heavy (non-hydrogen) atoms. The predicted molar refractivity (Wildman–Crippen MR) is 112 cm³/mol. The van der Waals surface area contributed by atoms with Gasteiger partial charge in [0.2, 0.25) is 0 Å². The number of hydrogen-bond acceptors (Lipinski definition) is 3. The van der Waals surface area contributed by atoms with Crippen molar-refractivity contribution < 1.29 is 4.79 Å². The Morgan fingerprint density at radius 3 is 2.07 bits per heavy atom. The van der Waals surface area contributed by atoms with E-state index in [1.54, 1.807) is 0 Å². The summed E-state index contributed by atoms with van der Waals surface area (Å²) in [4.78, 5) is 15.0. The van der Waals surface area contributed by atoms with Crippen molar-refractivity contribution in [2.24, 2.45) is 0 Å². The van der Waals surface area contributed by atoms with Crippen molar-refractivity contribution in [2.75, 3.05) is 23.3 Å². The molecule has 1 heterocycles. The van der Waals surface area contributed by atoms with Gasteiger partial charge in [0.15, 0.2) is 5.78 Å². The van der Waals surface area contributed by atoms with E-state index in [0.717, 1.165) is 24.5 Å². The molecule has 1 saturated heterocycles. The van der Waals surface area contributed by atoms with Crippen molar-refractivity contribution in [1.29, 1.82) is 0 Å². The summed E-state index contributed by atoms with van der Waals surface area (Å²) in [7, 11) is 0. The Morgan fingerprint density at radius 2 is 1.33 bits per heavy atom. The molecule has 1 aliphatic heterocycles. The number of anilines is 3. The number of nitrogens with one attached hydrogen (secondary N) is 1. The van der Waals surface area contributed by atoms with Crippen LogP contribution in [0.3, 0.4) is 0 Å². The molecule has 3 nitrogen and oxygen atoms in total. The van der Waals surface area contributed by atoms with Crippen LogP contribution in [0.2, 0.25) is 0 Å². The smallest absolute Gasteiger partial charge is 0.193 e. The Morgan fingerprint density at radius 1 is 0.704 bits per heavy atom. The van der Waals surface area contributed by atoms with Crippen LogP contribution >= 0.6 is 0 Å². The number of carbonyl (C=O) groups is 1. The number of ketones is 1. The molecule has 0 bridgehead atoms. The number of rotatable bonds is 5. The minimum absolute atomic E-state index is 0.0517. The van der Waals surface area contributed by atoms with Gasteiger partial charge in [0, 0.05) is 29.9 Å². The largest absolute Gasteiger partial charge is 0.370 e. The molecular formula is C24H24N2O. The molecule has 0 spiro atoms. The van der Waals surface area contributed by atoms with Gasteiger partial charge in [-0.1, -0.05) is 42.5 Å². The van der Waals surface area contributed by atoms with Crippen LogP contribution in [0.25, 0.3) is 0 Å². The van der Waals surface area contributed by atoms with Gasteiger partial charge in [-0.3, -0.25) is 4.79 Å². The summed E-state index contributed by atoms with van der Waals surface area (Å²) in [5.41, 5.74) is 4.77. The van der Waals surface area contributed by atoms with Crippen LogP contribution in [0.1, 0.15) is 35.2 Å². The van der Waals surface area contributed by atoms with Crippen molar-refractivity contribution in [2.45, 2.75) is 19.3 Å². The third kappa shape index (κ3) is 4.03. The highest BCUT2D eigenvalue weighted by molar-refractivity contribution is 6.09. The van der Waals surface area contributed by atoms with Crippen molar-refractivity contribution in [3.63, 3.8) is 0 Å². The maximum Gasteiger partial charge on any atom is 0.193 e. The second kappa shape index (κ2) is 8.09. The average molecular weight is 356 g/mol. The fraction of sp³-hybridized carbons (Fsp3) is 0.208. The maximum atomic E-state index is 12.5. The van der Waals surface area contributed by atoms with Crippen molar-refractivity contribution in [3.05, 3.63) is 90.0 Å². The van der Waals surface area contributed by atoms with E-state index in [-0.39, 0.29) is 5.78 Å². The lowest BCUT2D eigenvalue weighted by molar-refractivity contribution is 0.103. The molecule has 4 rings (SSSR count). The third-order valence-corrected chi connectivity index (χ3v) is 5.06. The molecule has 0 unspecified atom stereocenters. The standard InChI is InChI=1S/C24H24N2O/c27-24(19-9-3-1-4-10-19)20-13-15-21(16-14-20)25-22-11-5-6-12-23(22)26-17-7-2-8-18-26/h1,3-6,9-16,25H,2,7-8,17-18H2. The van der Waals surface area contributed by atoms with Gasteiger partial charge in [-0.2, -0.15) is 0 Å². The molecule has 136 valence electrons. The highest BCUT2D eigenvalue weighted by atomic mass is 16.1. The molecule has 1 fully saturated rings. The van der Waals surface area contributed by atoms with Gasteiger partial charge in [0.1, 0.15) is 0 Å². The number of benzene rings is 3. The Balaban J connectivity index is 1.52. The summed E-state index contributed by atoms with van der Waals surface area (Å²) in [6.07, 6.45) is 3.83. The van der Waals surface area contributed by atoms with Gasteiger partial charge in [0.05, 0.1) is 11.4 Å². The fourth-order valence-electron chi connectivity index (χ4n) is 3.61. The van der Waals surface area contributed by atoms with E-state index in [0.29, 0.717) is 11.1 Å². The van der Waals surface area contributed by atoms with E-state index >= 15 is 0 Å². The molecule has 0 atom stereocenters. The van der Waals surface area contributed by atoms with Crippen LogP contribution in [0.4, 0.5) is 17.1 Å². The SMILES string of the molecule is O=C(c1ccccc1)c1ccc(Nc2ccccc2N2CCCCC2)cc1. The van der Waals surface area contributed by atoms with Crippen LogP contribution in [-0.4, -0.2) is 18.9 Å². The lowest BCUT2D eigenvalue weighted by Gasteiger charge is -2.30. The first-order valence-corrected chi connectivity index (χ1v) is 9.62. The molecule has 1 N–H and O–H groups in total. The molecule has 3 aromatic rings. The van der Waals surface area contributed by atoms with Gasteiger partial charge < -0.3 is 10.2 Å². The van der Waals surface area contributed by atoms with E-state index in [9.17, 15) is 4.79 Å². The second-order valence-electron chi connectivity index (χ2n) is 6.96. The van der Waals surface area contributed by atoms with E-state index in [2.05, 4.69) is 34.5 Å². The maximum absolute atomic E-state index is 12.5. The molecule has 3 heteroatoms. The van der Waals surface area contributed by atoms with Gasteiger partial charge >= 0.3 is 0 Å². The van der Waals surface area contributed by atoms with E-state index in [1.165, 1.54) is 24.9 Å². The minimum atomic E-state index is 0.0517. The van der Waals surface area contributed by atoms with Crippen LogP contribution in [0.5, 0.6) is 0 Å². The molecule has 0 radical (unpaired) electrons. The predicted octanol–water partition coefficient (Wildman–Crippen LogP) is 5.65. The molecule has 0 aromatic heterocycles. The van der Waals surface area contributed by atoms with Crippen molar-refractivity contribution >= 4 is 22.8 Å². The monoisotopic (exact) mass is 356 g/mol. The van der Waals surface area contributed by atoms with Gasteiger partial charge in [-0.25, -0.2) is 0 Å². The number of para-hydroxylation sites is 2. The Bertz CT molecular complexity index is 897. The van der Waals surface area contributed by atoms with Gasteiger partial charge in [0.25, 0.3) is 0 Å². The lowest BCUT2D eigenvalue weighted by Crippen LogP contribution is -2.29. The Kier molecular flexibility index (Phi) is 5.20. The van der Waals surface area contributed by atoms with Gasteiger partial charge in [-0.15, -0.1) is 0 Å².